The van der Waals surface area contributed by atoms with Crippen LogP contribution < -0.4 is 5.32 Å². The second-order valence-electron chi connectivity index (χ2n) is 8.59. The van der Waals surface area contributed by atoms with Crippen molar-refractivity contribution in [3.8, 4) is 5.69 Å². The Bertz CT molecular complexity index is 1180. The molecule has 0 saturated carbocycles. The quantitative estimate of drug-likeness (QED) is 0.664. The highest BCUT2D eigenvalue weighted by atomic mass is 19.1. The van der Waals surface area contributed by atoms with E-state index in [4.69, 9.17) is 5.10 Å². The number of halogens is 1. The van der Waals surface area contributed by atoms with E-state index in [2.05, 4.69) is 17.4 Å². The summed E-state index contributed by atoms with van der Waals surface area (Å²) in [4.78, 5) is 29.3. The van der Waals surface area contributed by atoms with Crippen LogP contribution >= 0.6 is 0 Å². The molecule has 1 aliphatic carbocycles. The second-order valence-corrected chi connectivity index (χ2v) is 8.59. The number of aryl methyl sites for hydroxylation is 1. The molecular formula is C25H26FN5O2. The Morgan fingerprint density at radius 1 is 0.909 bits per heavy atom. The minimum Gasteiger partial charge on any atom is -0.334 e. The molecule has 2 aliphatic rings. The number of hydrogen-bond donors (Lipinski definition) is 1. The standard InChI is InChI=1S/C25H26FN5O2/c1-17-5-11-20(12-6-17)31-22-4-2-3-21(22)23(28-31)24(32)29-13-15-30(16-14-29)25(33)27-19-9-7-18(26)8-10-19/h5-12H,2-4,13-16H2,1H3,(H,27,33). The first-order chi connectivity index (χ1) is 16.0. The number of rotatable bonds is 3. The molecule has 2 aromatic carbocycles. The number of aromatic nitrogens is 2. The molecule has 0 spiro atoms. The van der Waals surface area contributed by atoms with Crippen molar-refractivity contribution < 1.29 is 14.0 Å². The summed E-state index contributed by atoms with van der Waals surface area (Å²) in [5.74, 6) is -0.422. The third-order valence-electron chi connectivity index (χ3n) is 6.36. The summed E-state index contributed by atoms with van der Waals surface area (Å²) < 4.78 is 15.0. The van der Waals surface area contributed by atoms with Gasteiger partial charge in [0.1, 0.15) is 5.82 Å². The van der Waals surface area contributed by atoms with Crippen LogP contribution in [-0.4, -0.2) is 57.7 Å². The number of nitrogens with one attached hydrogen (secondary N) is 1. The van der Waals surface area contributed by atoms with Crippen molar-refractivity contribution in [2.75, 3.05) is 31.5 Å². The molecule has 1 aliphatic heterocycles. The minimum atomic E-state index is -0.351. The van der Waals surface area contributed by atoms with Gasteiger partial charge in [0, 0.05) is 43.1 Å². The Labute approximate surface area is 191 Å². The third-order valence-corrected chi connectivity index (χ3v) is 6.36. The van der Waals surface area contributed by atoms with Crippen LogP contribution in [0.3, 0.4) is 0 Å². The largest absolute Gasteiger partial charge is 0.334 e. The van der Waals surface area contributed by atoms with Crippen LogP contribution in [-0.2, 0) is 12.8 Å². The van der Waals surface area contributed by atoms with Crippen molar-refractivity contribution >= 4 is 17.6 Å². The van der Waals surface area contributed by atoms with Gasteiger partial charge in [-0.3, -0.25) is 4.79 Å². The van der Waals surface area contributed by atoms with Crippen LogP contribution in [0.2, 0.25) is 0 Å². The zero-order valence-corrected chi connectivity index (χ0v) is 18.6. The van der Waals surface area contributed by atoms with E-state index in [9.17, 15) is 14.0 Å². The van der Waals surface area contributed by atoms with Gasteiger partial charge in [-0.25, -0.2) is 13.9 Å². The maximum absolute atomic E-state index is 13.4. The predicted molar refractivity (Wildman–Crippen MR) is 123 cm³/mol. The van der Waals surface area contributed by atoms with Gasteiger partial charge < -0.3 is 15.1 Å². The lowest BCUT2D eigenvalue weighted by molar-refractivity contribution is 0.0664. The topological polar surface area (TPSA) is 70.5 Å². The SMILES string of the molecule is Cc1ccc(-n2nc(C(=O)N3CCN(C(=O)Nc4ccc(F)cc4)CC3)c3c2CCC3)cc1. The smallest absolute Gasteiger partial charge is 0.321 e. The number of urea groups is 1. The summed E-state index contributed by atoms with van der Waals surface area (Å²) in [6.07, 6.45) is 2.81. The summed E-state index contributed by atoms with van der Waals surface area (Å²) in [7, 11) is 0. The Kier molecular flexibility index (Phi) is 5.58. The highest BCUT2D eigenvalue weighted by Crippen LogP contribution is 2.29. The van der Waals surface area contributed by atoms with E-state index in [0.29, 0.717) is 37.6 Å². The number of fused-ring (bicyclic) bond motifs is 1. The van der Waals surface area contributed by atoms with Crippen LogP contribution in [0.25, 0.3) is 5.69 Å². The monoisotopic (exact) mass is 447 g/mol. The van der Waals surface area contributed by atoms with Crippen molar-refractivity contribution in [3.05, 3.63) is 76.9 Å². The third kappa shape index (κ3) is 4.20. The van der Waals surface area contributed by atoms with Gasteiger partial charge in [0.25, 0.3) is 5.91 Å². The number of carbonyl (C=O) groups excluding carboxylic acids is 2. The lowest BCUT2D eigenvalue weighted by atomic mass is 10.1. The molecule has 1 saturated heterocycles. The predicted octanol–water partition coefficient (Wildman–Crippen LogP) is 3.80. The summed E-state index contributed by atoms with van der Waals surface area (Å²) in [6.45, 7) is 3.80. The lowest BCUT2D eigenvalue weighted by Crippen LogP contribution is -2.51. The van der Waals surface area contributed by atoms with Gasteiger partial charge in [0.05, 0.1) is 5.69 Å². The summed E-state index contributed by atoms with van der Waals surface area (Å²) in [5.41, 5.74) is 5.40. The highest BCUT2D eigenvalue weighted by molar-refractivity contribution is 5.95. The lowest BCUT2D eigenvalue weighted by Gasteiger charge is -2.34. The molecule has 0 atom stereocenters. The molecule has 0 radical (unpaired) electrons. The fourth-order valence-electron chi connectivity index (χ4n) is 4.51. The first-order valence-electron chi connectivity index (χ1n) is 11.3. The molecule has 2 heterocycles. The van der Waals surface area contributed by atoms with Crippen LogP contribution in [0.4, 0.5) is 14.9 Å². The van der Waals surface area contributed by atoms with E-state index >= 15 is 0 Å². The van der Waals surface area contributed by atoms with Gasteiger partial charge in [-0.2, -0.15) is 5.10 Å². The van der Waals surface area contributed by atoms with Crippen molar-refractivity contribution in [1.29, 1.82) is 0 Å². The summed E-state index contributed by atoms with van der Waals surface area (Å²) in [5, 5.41) is 7.50. The zero-order valence-electron chi connectivity index (χ0n) is 18.6. The van der Waals surface area contributed by atoms with Gasteiger partial charge in [-0.1, -0.05) is 17.7 Å². The number of benzene rings is 2. The van der Waals surface area contributed by atoms with Crippen LogP contribution in [0.15, 0.2) is 48.5 Å². The molecule has 1 aromatic heterocycles. The minimum absolute atomic E-state index is 0.0717. The molecule has 0 bridgehead atoms. The number of amides is 3. The molecule has 0 unspecified atom stereocenters. The van der Waals surface area contributed by atoms with Crippen LogP contribution in [0.5, 0.6) is 0 Å². The maximum Gasteiger partial charge on any atom is 0.321 e. The molecule has 3 amide bonds. The normalized spacial score (nSPS) is 15.5. The van der Waals surface area contributed by atoms with Crippen molar-refractivity contribution in [1.82, 2.24) is 19.6 Å². The van der Waals surface area contributed by atoms with E-state index in [0.717, 1.165) is 36.2 Å². The number of nitrogens with zero attached hydrogens (tertiary/aromatic N) is 4. The fourth-order valence-corrected chi connectivity index (χ4v) is 4.51. The van der Waals surface area contributed by atoms with Gasteiger partial charge in [0.15, 0.2) is 5.69 Å². The Balaban J connectivity index is 1.27. The molecule has 1 N–H and O–H groups in total. The van der Waals surface area contributed by atoms with E-state index in [-0.39, 0.29) is 17.8 Å². The van der Waals surface area contributed by atoms with E-state index in [1.807, 2.05) is 23.7 Å². The molecule has 5 rings (SSSR count). The van der Waals surface area contributed by atoms with E-state index in [1.54, 1.807) is 9.80 Å². The molecule has 3 aromatic rings. The van der Waals surface area contributed by atoms with Gasteiger partial charge in [0.2, 0.25) is 0 Å². The zero-order chi connectivity index (χ0) is 22.9. The highest BCUT2D eigenvalue weighted by Gasteiger charge is 2.31. The van der Waals surface area contributed by atoms with Crippen molar-refractivity contribution in [3.63, 3.8) is 0 Å². The average molecular weight is 448 g/mol. The Hall–Kier alpha value is -3.68. The van der Waals surface area contributed by atoms with Crippen LogP contribution in [0, 0.1) is 12.7 Å². The molecule has 1 fully saturated rings. The van der Waals surface area contributed by atoms with E-state index < -0.39 is 0 Å². The van der Waals surface area contributed by atoms with Gasteiger partial charge in [-0.05, 0) is 62.6 Å². The molecule has 7 nitrogen and oxygen atoms in total. The number of carbonyl (C=O) groups is 2. The molecular weight excluding hydrogens is 421 g/mol. The van der Waals surface area contributed by atoms with Crippen molar-refractivity contribution in [2.45, 2.75) is 26.2 Å². The van der Waals surface area contributed by atoms with Gasteiger partial charge >= 0.3 is 6.03 Å². The maximum atomic E-state index is 13.4. The molecule has 170 valence electrons. The Morgan fingerprint density at radius 3 is 2.27 bits per heavy atom. The summed E-state index contributed by atoms with van der Waals surface area (Å²) >= 11 is 0. The first-order valence-corrected chi connectivity index (χ1v) is 11.3. The van der Waals surface area contributed by atoms with Crippen molar-refractivity contribution in [2.24, 2.45) is 0 Å². The van der Waals surface area contributed by atoms with Crippen LogP contribution in [0.1, 0.15) is 33.7 Å². The number of piperazine rings is 1. The molecule has 8 heteroatoms. The Morgan fingerprint density at radius 2 is 1.58 bits per heavy atom. The molecule has 33 heavy (non-hydrogen) atoms. The number of hydrogen-bond acceptors (Lipinski definition) is 3. The van der Waals surface area contributed by atoms with Gasteiger partial charge in [-0.15, -0.1) is 0 Å². The fraction of sp³-hybridized carbons (Fsp3) is 0.320. The first kappa shape index (κ1) is 21.2. The number of anilines is 1. The summed E-state index contributed by atoms with van der Waals surface area (Å²) in [6, 6.07) is 13.6. The van der Waals surface area contributed by atoms with E-state index in [1.165, 1.54) is 29.8 Å². The average Bonchev–Trinajstić information content (AvgIpc) is 3.44. The second kappa shape index (κ2) is 8.69.